The zero-order valence-electron chi connectivity index (χ0n) is 10.7. The first kappa shape index (κ1) is 14.4. The molecule has 0 saturated heterocycles. The van der Waals surface area contributed by atoms with Gasteiger partial charge in [0, 0.05) is 31.3 Å². The summed E-state index contributed by atoms with van der Waals surface area (Å²) < 4.78 is 4.60. The van der Waals surface area contributed by atoms with Gasteiger partial charge in [0.1, 0.15) is 4.99 Å². The van der Waals surface area contributed by atoms with Crippen LogP contribution in [-0.2, 0) is 9.53 Å². The highest BCUT2D eigenvalue weighted by Crippen LogP contribution is 2.15. The lowest BCUT2D eigenvalue weighted by Crippen LogP contribution is -2.20. The van der Waals surface area contributed by atoms with E-state index in [-0.39, 0.29) is 5.97 Å². The van der Waals surface area contributed by atoms with Gasteiger partial charge in [-0.2, -0.15) is 0 Å². The standard InChI is InChI=1S/C13H18N2O2S/c1-15(8-4-7-12(16)17-2)11-6-3-5-10(9-11)13(14)18/h3,5-6,9H,4,7-8H2,1-2H3,(H2,14,18). The van der Waals surface area contributed by atoms with Crippen molar-refractivity contribution < 1.29 is 9.53 Å². The Labute approximate surface area is 113 Å². The molecule has 0 fully saturated rings. The van der Waals surface area contributed by atoms with Gasteiger partial charge in [-0.1, -0.05) is 24.4 Å². The third kappa shape index (κ3) is 4.33. The fourth-order valence-electron chi connectivity index (χ4n) is 1.59. The Morgan fingerprint density at radius 3 is 2.83 bits per heavy atom. The van der Waals surface area contributed by atoms with Gasteiger partial charge in [0.25, 0.3) is 0 Å². The highest BCUT2D eigenvalue weighted by atomic mass is 32.1. The van der Waals surface area contributed by atoms with Crippen molar-refractivity contribution in [3.8, 4) is 0 Å². The van der Waals surface area contributed by atoms with Gasteiger partial charge >= 0.3 is 5.97 Å². The summed E-state index contributed by atoms with van der Waals surface area (Å²) >= 11 is 4.94. The van der Waals surface area contributed by atoms with Crippen LogP contribution in [0, 0.1) is 0 Å². The highest BCUT2D eigenvalue weighted by molar-refractivity contribution is 7.80. The van der Waals surface area contributed by atoms with Crippen molar-refractivity contribution in [2.45, 2.75) is 12.8 Å². The van der Waals surface area contributed by atoms with Crippen LogP contribution in [0.4, 0.5) is 5.69 Å². The maximum atomic E-state index is 11.0. The first-order chi connectivity index (χ1) is 8.54. The predicted octanol–water partition coefficient (Wildman–Crippen LogP) is 1.71. The molecule has 0 unspecified atom stereocenters. The molecule has 98 valence electrons. The van der Waals surface area contributed by atoms with Crippen LogP contribution in [0.1, 0.15) is 18.4 Å². The molecule has 0 radical (unpaired) electrons. The number of benzene rings is 1. The molecular weight excluding hydrogens is 248 g/mol. The summed E-state index contributed by atoms with van der Waals surface area (Å²) in [5.74, 6) is -0.180. The van der Waals surface area contributed by atoms with Crippen molar-refractivity contribution in [3.63, 3.8) is 0 Å². The van der Waals surface area contributed by atoms with Crippen molar-refractivity contribution in [1.82, 2.24) is 0 Å². The van der Waals surface area contributed by atoms with Gasteiger partial charge in [0.05, 0.1) is 7.11 Å². The van der Waals surface area contributed by atoms with E-state index < -0.39 is 0 Å². The second kappa shape index (κ2) is 6.96. The number of carbonyl (C=O) groups excluding carboxylic acids is 1. The largest absolute Gasteiger partial charge is 0.469 e. The number of esters is 1. The summed E-state index contributed by atoms with van der Waals surface area (Å²) in [7, 11) is 3.37. The Bertz CT molecular complexity index is 435. The molecule has 0 amide bonds. The summed E-state index contributed by atoms with van der Waals surface area (Å²) in [6.07, 6.45) is 1.18. The summed E-state index contributed by atoms with van der Waals surface area (Å²) in [4.78, 5) is 13.4. The van der Waals surface area contributed by atoms with Crippen LogP contribution < -0.4 is 10.6 Å². The first-order valence-corrected chi connectivity index (χ1v) is 6.13. The Morgan fingerprint density at radius 1 is 1.50 bits per heavy atom. The van der Waals surface area contributed by atoms with E-state index >= 15 is 0 Å². The zero-order chi connectivity index (χ0) is 13.5. The molecule has 0 aliphatic heterocycles. The minimum absolute atomic E-state index is 0.180. The van der Waals surface area contributed by atoms with Gasteiger partial charge in [-0.3, -0.25) is 4.79 Å². The number of hydrogen-bond donors (Lipinski definition) is 1. The molecule has 0 bridgehead atoms. The smallest absolute Gasteiger partial charge is 0.305 e. The monoisotopic (exact) mass is 266 g/mol. The van der Waals surface area contributed by atoms with E-state index in [1.54, 1.807) is 0 Å². The van der Waals surface area contributed by atoms with E-state index in [4.69, 9.17) is 18.0 Å². The summed E-state index contributed by atoms with van der Waals surface area (Å²) in [5, 5.41) is 0. The quantitative estimate of drug-likeness (QED) is 0.627. The van der Waals surface area contributed by atoms with Gasteiger partial charge in [0.2, 0.25) is 0 Å². The molecular formula is C13H18N2O2S. The van der Waals surface area contributed by atoms with Gasteiger partial charge in [-0.15, -0.1) is 0 Å². The average molecular weight is 266 g/mol. The SMILES string of the molecule is COC(=O)CCCN(C)c1cccc(C(N)=S)c1. The third-order valence-corrected chi connectivity index (χ3v) is 2.91. The van der Waals surface area contributed by atoms with Crippen molar-refractivity contribution in [2.75, 3.05) is 25.6 Å². The molecule has 0 atom stereocenters. The number of rotatable bonds is 6. The number of nitrogens with two attached hydrogens (primary N) is 1. The lowest BCUT2D eigenvalue weighted by Gasteiger charge is -2.19. The predicted molar refractivity (Wildman–Crippen MR) is 76.8 cm³/mol. The molecule has 5 heteroatoms. The van der Waals surface area contributed by atoms with Gasteiger partial charge in [0.15, 0.2) is 0 Å². The molecule has 1 rings (SSSR count). The Balaban J connectivity index is 2.56. The lowest BCUT2D eigenvalue weighted by atomic mass is 10.2. The van der Waals surface area contributed by atoms with E-state index in [1.807, 2.05) is 31.3 Å². The van der Waals surface area contributed by atoms with Crippen molar-refractivity contribution in [2.24, 2.45) is 5.73 Å². The number of hydrogen-bond acceptors (Lipinski definition) is 4. The fraction of sp³-hybridized carbons (Fsp3) is 0.385. The molecule has 0 aromatic heterocycles. The summed E-state index contributed by atoms with van der Waals surface area (Å²) in [5.41, 5.74) is 7.47. The molecule has 0 spiro atoms. The normalized spacial score (nSPS) is 9.89. The minimum atomic E-state index is -0.180. The number of thiocarbonyl (C=S) groups is 1. The molecule has 0 heterocycles. The third-order valence-electron chi connectivity index (χ3n) is 2.67. The van der Waals surface area contributed by atoms with Crippen LogP contribution in [-0.4, -0.2) is 31.7 Å². The zero-order valence-corrected chi connectivity index (χ0v) is 11.5. The summed E-state index contributed by atoms with van der Waals surface area (Å²) in [6, 6.07) is 7.73. The average Bonchev–Trinajstić information content (AvgIpc) is 2.38. The van der Waals surface area contributed by atoms with Crippen LogP contribution >= 0.6 is 12.2 Å². The topological polar surface area (TPSA) is 55.6 Å². The van der Waals surface area contributed by atoms with Crippen molar-refractivity contribution >= 4 is 28.9 Å². The van der Waals surface area contributed by atoms with E-state index in [9.17, 15) is 4.79 Å². The van der Waals surface area contributed by atoms with Crippen LogP contribution in [0.25, 0.3) is 0 Å². The fourth-order valence-corrected chi connectivity index (χ4v) is 1.72. The van der Waals surface area contributed by atoms with Gasteiger partial charge in [-0.25, -0.2) is 0 Å². The van der Waals surface area contributed by atoms with E-state index in [2.05, 4.69) is 9.64 Å². The number of ether oxygens (including phenoxy) is 1. The van der Waals surface area contributed by atoms with Crippen LogP contribution in [0.3, 0.4) is 0 Å². The van der Waals surface area contributed by atoms with E-state index in [1.165, 1.54) is 7.11 Å². The Kier molecular flexibility index (Phi) is 5.58. The molecule has 0 saturated carbocycles. The number of anilines is 1. The molecule has 0 aliphatic carbocycles. The molecule has 2 N–H and O–H groups in total. The molecule has 18 heavy (non-hydrogen) atoms. The number of nitrogens with zero attached hydrogens (tertiary/aromatic N) is 1. The second-order valence-corrected chi connectivity index (χ2v) is 4.46. The lowest BCUT2D eigenvalue weighted by molar-refractivity contribution is -0.140. The number of carbonyl (C=O) groups is 1. The Morgan fingerprint density at radius 2 is 2.22 bits per heavy atom. The molecule has 1 aromatic rings. The molecule has 1 aromatic carbocycles. The van der Waals surface area contributed by atoms with Gasteiger partial charge in [-0.05, 0) is 18.6 Å². The number of methoxy groups -OCH3 is 1. The van der Waals surface area contributed by atoms with E-state index in [0.29, 0.717) is 11.4 Å². The first-order valence-electron chi connectivity index (χ1n) is 5.72. The maximum absolute atomic E-state index is 11.0. The molecule has 0 aliphatic rings. The maximum Gasteiger partial charge on any atom is 0.305 e. The second-order valence-electron chi connectivity index (χ2n) is 4.02. The Hall–Kier alpha value is -1.62. The van der Waals surface area contributed by atoms with Crippen molar-refractivity contribution in [1.29, 1.82) is 0 Å². The van der Waals surface area contributed by atoms with Gasteiger partial charge < -0.3 is 15.4 Å². The van der Waals surface area contributed by atoms with Crippen LogP contribution in [0.5, 0.6) is 0 Å². The van der Waals surface area contributed by atoms with Crippen LogP contribution in [0.2, 0.25) is 0 Å². The van der Waals surface area contributed by atoms with E-state index in [0.717, 1.165) is 24.2 Å². The highest BCUT2D eigenvalue weighted by Gasteiger charge is 2.05. The minimum Gasteiger partial charge on any atom is -0.469 e. The van der Waals surface area contributed by atoms with Crippen LogP contribution in [0.15, 0.2) is 24.3 Å². The summed E-state index contributed by atoms with van der Waals surface area (Å²) in [6.45, 7) is 0.774. The molecule has 4 nitrogen and oxygen atoms in total. The van der Waals surface area contributed by atoms with Crippen molar-refractivity contribution in [3.05, 3.63) is 29.8 Å².